The monoisotopic (exact) mass is 414 g/mol. The summed E-state index contributed by atoms with van der Waals surface area (Å²) in [6.45, 7) is 7.69. The predicted molar refractivity (Wildman–Crippen MR) is 124 cm³/mol. The third kappa shape index (κ3) is 3.51. The largest absolute Gasteiger partial charge is 0.369 e. The van der Waals surface area contributed by atoms with Crippen LogP contribution in [0.3, 0.4) is 0 Å². The van der Waals surface area contributed by atoms with E-state index in [9.17, 15) is 4.79 Å². The van der Waals surface area contributed by atoms with Crippen LogP contribution in [-0.4, -0.2) is 63.8 Å². The highest BCUT2D eigenvalue weighted by Crippen LogP contribution is 2.36. The van der Waals surface area contributed by atoms with Gasteiger partial charge < -0.3 is 19.8 Å². The average Bonchev–Trinajstić information content (AvgIpc) is 3.35. The molecule has 2 N–H and O–H groups in total. The van der Waals surface area contributed by atoms with Gasteiger partial charge in [0.2, 0.25) is 0 Å². The molecule has 5 rings (SSSR count). The number of piperazine rings is 1. The van der Waals surface area contributed by atoms with E-state index in [-0.39, 0.29) is 5.78 Å². The van der Waals surface area contributed by atoms with Gasteiger partial charge in [0.15, 0.2) is 11.6 Å². The van der Waals surface area contributed by atoms with Crippen LogP contribution in [0, 0.1) is 6.92 Å². The van der Waals surface area contributed by atoms with Gasteiger partial charge in [-0.1, -0.05) is 6.07 Å². The van der Waals surface area contributed by atoms with Crippen molar-refractivity contribution >= 4 is 22.5 Å². The van der Waals surface area contributed by atoms with Gasteiger partial charge in [-0.15, -0.1) is 0 Å². The van der Waals surface area contributed by atoms with E-state index >= 15 is 0 Å². The molecule has 0 radical (unpaired) electrons. The lowest BCUT2D eigenvalue weighted by molar-refractivity contribution is 0.101. The number of aromatic nitrogens is 4. The van der Waals surface area contributed by atoms with Crippen LogP contribution in [0.1, 0.15) is 23.0 Å². The van der Waals surface area contributed by atoms with Crippen LogP contribution in [0.5, 0.6) is 0 Å². The summed E-state index contributed by atoms with van der Waals surface area (Å²) in [5.41, 5.74) is 7.16. The summed E-state index contributed by atoms with van der Waals surface area (Å²) in [6.07, 6.45) is 3.52. The maximum Gasteiger partial charge on any atom is 0.162 e. The molecule has 4 heterocycles. The number of anilines is 1. The molecular formula is C24H26N6O. The SMILES string of the molecule is CC(=O)c1c(C)[nH]c(-c2nc3ccc(N4CCN(C)CC4)cc3[nH]2)c1-c1cccnc1. The highest BCUT2D eigenvalue weighted by Gasteiger charge is 2.23. The molecule has 4 aromatic rings. The van der Waals surface area contributed by atoms with Gasteiger partial charge >= 0.3 is 0 Å². The summed E-state index contributed by atoms with van der Waals surface area (Å²) in [4.78, 5) is 33.2. The number of aromatic amines is 2. The minimum Gasteiger partial charge on any atom is -0.369 e. The van der Waals surface area contributed by atoms with Gasteiger partial charge in [-0.3, -0.25) is 9.78 Å². The van der Waals surface area contributed by atoms with E-state index in [0.29, 0.717) is 5.56 Å². The lowest BCUT2D eigenvalue weighted by Crippen LogP contribution is -2.44. The fourth-order valence-electron chi connectivity index (χ4n) is 4.42. The summed E-state index contributed by atoms with van der Waals surface area (Å²) in [5.74, 6) is 0.743. The third-order valence-electron chi connectivity index (χ3n) is 6.06. The first kappa shape index (κ1) is 19.5. The van der Waals surface area contributed by atoms with Crippen molar-refractivity contribution in [1.29, 1.82) is 0 Å². The van der Waals surface area contributed by atoms with Crippen LogP contribution in [0.2, 0.25) is 0 Å². The quantitative estimate of drug-likeness (QED) is 0.495. The number of imidazole rings is 1. The Morgan fingerprint density at radius 1 is 1.10 bits per heavy atom. The number of benzene rings is 1. The van der Waals surface area contributed by atoms with E-state index in [2.05, 4.69) is 50.0 Å². The lowest BCUT2D eigenvalue weighted by atomic mass is 9.99. The van der Waals surface area contributed by atoms with Crippen LogP contribution in [0.15, 0.2) is 42.7 Å². The number of rotatable bonds is 4. The van der Waals surface area contributed by atoms with Gasteiger partial charge in [0.25, 0.3) is 0 Å². The third-order valence-corrected chi connectivity index (χ3v) is 6.06. The summed E-state index contributed by atoms with van der Waals surface area (Å²) in [5, 5.41) is 0. The smallest absolute Gasteiger partial charge is 0.162 e. The fraction of sp³-hybridized carbons (Fsp3) is 0.292. The van der Waals surface area contributed by atoms with Crippen molar-refractivity contribution in [2.24, 2.45) is 0 Å². The van der Waals surface area contributed by atoms with Gasteiger partial charge in [0, 0.05) is 66.6 Å². The minimum atomic E-state index is 0.0207. The zero-order chi connectivity index (χ0) is 21.5. The number of H-pyrrole nitrogens is 2. The molecular weight excluding hydrogens is 388 g/mol. The maximum atomic E-state index is 12.4. The Labute approximate surface area is 181 Å². The molecule has 0 saturated carbocycles. The van der Waals surface area contributed by atoms with Crippen LogP contribution >= 0.6 is 0 Å². The number of likely N-dealkylation sites (N-methyl/N-ethyl adjacent to an activating group) is 1. The van der Waals surface area contributed by atoms with Gasteiger partial charge in [0.05, 0.1) is 16.7 Å². The fourth-order valence-corrected chi connectivity index (χ4v) is 4.42. The Hall–Kier alpha value is -3.45. The van der Waals surface area contributed by atoms with Crippen molar-refractivity contribution in [3.05, 3.63) is 54.0 Å². The molecule has 158 valence electrons. The molecule has 0 aliphatic carbocycles. The molecule has 7 nitrogen and oxygen atoms in total. The molecule has 0 atom stereocenters. The molecule has 31 heavy (non-hydrogen) atoms. The van der Waals surface area contributed by atoms with Crippen molar-refractivity contribution in [1.82, 2.24) is 24.8 Å². The lowest BCUT2D eigenvalue weighted by Gasteiger charge is -2.34. The van der Waals surface area contributed by atoms with Gasteiger partial charge in [0.1, 0.15) is 0 Å². The molecule has 0 spiro atoms. The van der Waals surface area contributed by atoms with Gasteiger partial charge in [-0.25, -0.2) is 4.98 Å². The molecule has 1 aliphatic heterocycles. The molecule has 0 bridgehead atoms. The molecule has 1 fully saturated rings. The standard InChI is InChI=1S/C24H26N6O/c1-15-21(16(2)31)22(17-5-4-8-25-14-17)23(26-15)24-27-19-7-6-18(13-20(19)28-24)30-11-9-29(3)10-12-30/h4-8,13-14,26H,9-12H2,1-3H3,(H,27,28). The Balaban J connectivity index is 1.60. The first-order valence-electron chi connectivity index (χ1n) is 10.6. The molecule has 1 saturated heterocycles. The summed E-state index contributed by atoms with van der Waals surface area (Å²) >= 11 is 0. The number of pyridine rings is 1. The number of carbonyl (C=O) groups is 1. The minimum absolute atomic E-state index is 0.0207. The predicted octanol–water partition coefficient (Wildman–Crippen LogP) is 3.88. The number of hydrogen-bond donors (Lipinski definition) is 2. The second kappa shape index (κ2) is 7.67. The van der Waals surface area contributed by atoms with Crippen molar-refractivity contribution in [3.63, 3.8) is 0 Å². The molecule has 0 amide bonds. The van der Waals surface area contributed by atoms with Crippen molar-refractivity contribution in [3.8, 4) is 22.6 Å². The summed E-state index contributed by atoms with van der Waals surface area (Å²) < 4.78 is 0. The van der Waals surface area contributed by atoms with Gasteiger partial charge in [-0.05, 0) is 45.2 Å². The van der Waals surface area contributed by atoms with Crippen LogP contribution in [0.25, 0.3) is 33.7 Å². The number of fused-ring (bicyclic) bond motifs is 1. The van der Waals surface area contributed by atoms with E-state index in [1.54, 1.807) is 19.3 Å². The maximum absolute atomic E-state index is 12.4. The van der Waals surface area contributed by atoms with Crippen molar-refractivity contribution in [2.75, 3.05) is 38.1 Å². The zero-order valence-corrected chi connectivity index (χ0v) is 18.1. The van der Waals surface area contributed by atoms with E-state index in [0.717, 1.165) is 65.6 Å². The van der Waals surface area contributed by atoms with Crippen LogP contribution in [-0.2, 0) is 0 Å². The number of aryl methyl sites for hydroxylation is 1. The van der Waals surface area contributed by atoms with Crippen LogP contribution in [0.4, 0.5) is 5.69 Å². The molecule has 3 aromatic heterocycles. The Bertz CT molecular complexity index is 1250. The van der Waals surface area contributed by atoms with Crippen molar-refractivity contribution < 1.29 is 4.79 Å². The Morgan fingerprint density at radius 3 is 2.61 bits per heavy atom. The van der Waals surface area contributed by atoms with Gasteiger partial charge in [-0.2, -0.15) is 0 Å². The van der Waals surface area contributed by atoms with E-state index in [1.807, 2.05) is 19.1 Å². The van der Waals surface area contributed by atoms with E-state index in [4.69, 9.17) is 4.98 Å². The number of hydrogen-bond acceptors (Lipinski definition) is 5. The normalized spacial score (nSPS) is 15.0. The number of nitrogens with zero attached hydrogens (tertiary/aromatic N) is 4. The summed E-state index contributed by atoms with van der Waals surface area (Å²) in [6, 6.07) is 10.2. The number of nitrogens with one attached hydrogen (secondary N) is 2. The molecule has 7 heteroatoms. The highest BCUT2D eigenvalue weighted by atomic mass is 16.1. The zero-order valence-electron chi connectivity index (χ0n) is 18.1. The Kier molecular flexibility index (Phi) is 4.82. The first-order valence-corrected chi connectivity index (χ1v) is 10.6. The van der Waals surface area contributed by atoms with Crippen molar-refractivity contribution in [2.45, 2.75) is 13.8 Å². The number of Topliss-reactive ketones (excluding diaryl/α,β-unsaturated/α-hetero) is 1. The topological polar surface area (TPSA) is 80.9 Å². The Morgan fingerprint density at radius 2 is 1.90 bits per heavy atom. The molecule has 1 aromatic carbocycles. The van der Waals surface area contributed by atoms with E-state index in [1.165, 1.54) is 5.69 Å². The highest BCUT2D eigenvalue weighted by molar-refractivity contribution is 6.05. The first-order chi connectivity index (χ1) is 15.0. The number of carbonyl (C=O) groups excluding carboxylic acids is 1. The summed E-state index contributed by atoms with van der Waals surface area (Å²) in [7, 11) is 2.16. The van der Waals surface area contributed by atoms with E-state index < -0.39 is 0 Å². The second-order valence-electron chi connectivity index (χ2n) is 8.25. The number of ketones is 1. The second-order valence-corrected chi connectivity index (χ2v) is 8.25. The van der Waals surface area contributed by atoms with Crippen LogP contribution < -0.4 is 4.90 Å². The molecule has 1 aliphatic rings. The molecule has 0 unspecified atom stereocenters. The average molecular weight is 415 g/mol.